The van der Waals surface area contributed by atoms with E-state index in [2.05, 4.69) is 15.0 Å². The quantitative estimate of drug-likeness (QED) is 0.547. The first-order chi connectivity index (χ1) is 14.7. The van der Waals surface area contributed by atoms with E-state index in [4.69, 9.17) is 21.1 Å². The molecule has 4 fully saturated rings. The first-order valence-corrected chi connectivity index (χ1v) is 11.0. The molecule has 0 amide bonds. The Kier molecular flexibility index (Phi) is 4.88. The smallest absolute Gasteiger partial charge is 0.434 e. The average molecular weight is 457 g/mol. The number of ether oxygens (including phenoxy) is 2. The van der Waals surface area contributed by atoms with Crippen LogP contribution in [-0.2, 0) is 11.6 Å². The molecule has 2 aromatic heterocycles. The van der Waals surface area contributed by atoms with Crippen molar-refractivity contribution >= 4 is 11.6 Å². The number of rotatable bonds is 6. The third-order valence-corrected chi connectivity index (χ3v) is 7.45. The van der Waals surface area contributed by atoms with Gasteiger partial charge in [-0.2, -0.15) is 18.2 Å². The standard InChI is InChI=1S/C21H24ClF3N4O2/c1-30-14-10-26-18(22)28-16(14)31-12-19-4-7-20(8-5-19,9-6-19)17-27-15(21(23,24)25)11-29(17)13-2-3-13/h10-11,13H,2-9,12H2,1H3. The van der Waals surface area contributed by atoms with Crippen LogP contribution in [0.1, 0.15) is 68.9 Å². The summed E-state index contributed by atoms with van der Waals surface area (Å²) in [5.74, 6) is 1.38. The summed E-state index contributed by atoms with van der Waals surface area (Å²) in [6.45, 7) is 0.470. The van der Waals surface area contributed by atoms with E-state index in [1.807, 2.05) is 4.57 Å². The molecule has 6 rings (SSSR count). The molecule has 0 atom stereocenters. The van der Waals surface area contributed by atoms with Crippen LogP contribution >= 0.6 is 11.6 Å². The molecule has 31 heavy (non-hydrogen) atoms. The summed E-state index contributed by atoms with van der Waals surface area (Å²) in [7, 11) is 1.52. The van der Waals surface area contributed by atoms with Crippen LogP contribution in [0.15, 0.2) is 12.4 Å². The molecule has 10 heteroatoms. The van der Waals surface area contributed by atoms with Gasteiger partial charge in [0, 0.05) is 23.1 Å². The number of hydrogen-bond acceptors (Lipinski definition) is 5. The Bertz CT molecular complexity index is 965. The van der Waals surface area contributed by atoms with Crippen LogP contribution < -0.4 is 9.47 Å². The topological polar surface area (TPSA) is 62.1 Å². The van der Waals surface area contributed by atoms with Crippen LogP contribution in [-0.4, -0.2) is 33.2 Å². The molecule has 4 aliphatic carbocycles. The highest BCUT2D eigenvalue weighted by molar-refractivity contribution is 6.28. The number of halogens is 4. The number of imidazole rings is 1. The molecule has 0 aromatic carbocycles. The minimum absolute atomic E-state index is 0.0198. The predicted molar refractivity (Wildman–Crippen MR) is 106 cm³/mol. The van der Waals surface area contributed by atoms with Gasteiger partial charge in [0.25, 0.3) is 5.88 Å². The molecular formula is C21H24ClF3N4O2. The fraction of sp³-hybridized carbons (Fsp3) is 0.667. The van der Waals surface area contributed by atoms with Crippen LogP contribution in [0.4, 0.5) is 13.2 Å². The van der Waals surface area contributed by atoms with E-state index in [-0.39, 0.29) is 22.2 Å². The highest BCUT2D eigenvalue weighted by Crippen LogP contribution is 2.58. The molecule has 0 radical (unpaired) electrons. The van der Waals surface area contributed by atoms with Crippen molar-refractivity contribution in [1.29, 1.82) is 0 Å². The van der Waals surface area contributed by atoms with Crippen LogP contribution in [0.2, 0.25) is 5.28 Å². The second-order valence-corrected chi connectivity index (χ2v) is 9.51. The van der Waals surface area contributed by atoms with Gasteiger partial charge >= 0.3 is 6.18 Å². The number of fused-ring (bicyclic) bond motifs is 3. The largest absolute Gasteiger partial charge is 0.490 e. The molecule has 4 saturated carbocycles. The third kappa shape index (κ3) is 3.75. The molecule has 2 aromatic rings. The van der Waals surface area contributed by atoms with Gasteiger partial charge in [-0.25, -0.2) is 9.97 Å². The Hall–Kier alpha value is -2.03. The van der Waals surface area contributed by atoms with Gasteiger partial charge in [0.05, 0.1) is 19.9 Å². The molecule has 0 spiro atoms. The zero-order valence-electron chi connectivity index (χ0n) is 17.2. The zero-order chi connectivity index (χ0) is 21.9. The van der Waals surface area contributed by atoms with Crippen molar-refractivity contribution in [3.8, 4) is 11.6 Å². The summed E-state index contributed by atoms with van der Waals surface area (Å²) >= 11 is 5.89. The molecule has 6 nitrogen and oxygen atoms in total. The fourth-order valence-electron chi connectivity index (χ4n) is 5.17. The highest BCUT2D eigenvalue weighted by Gasteiger charge is 2.53. The van der Waals surface area contributed by atoms with Gasteiger partial charge in [-0.3, -0.25) is 0 Å². The van der Waals surface area contributed by atoms with Crippen LogP contribution in [0.5, 0.6) is 11.6 Å². The summed E-state index contributed by atoms with van der Waals surface area (Å²) in [6.07, 6.45) is 5.25. The Morgan fingerprint density at radius 1 is 1.13 bits per heavy atom. The maximum Gasteiger partial charge on any atom is 0.434 e. The SMILES string of the molecule is COc1cnc(Cl)nc1OCC12CCC(c3nc(C(F)(F)F)cn3C3CC3)(CC1)CC2. The van der Waals surface area contributed by atoms with E-state index in [1.54, 1.807) is 0 Å². The first-order valence-electron chi connectivity index (χ1n) is 10.6. The van der Waals surface area contributed by atoms with Gasteiger partial charge in [0.2, 0.25) is 5.28 Å². The van der Waals surface area contributed by atoms with E-state index in [9.17, 15) is 13.2 Å². The number of methoxy groups -OCH3 is 1. The van der Waals surface area contributed by atoms with Crippen molar-refractivity contribution < 1.29 is 22.6 Å². The molecule has 2 heterocycles. The highest BCUT2D eigenvalue weighted by atomic mass is 35.5. The fourth-order valence-corrected chi connectivity index (χ4v) is 5.29. The molecule has 168 valence electrons. The van der Waals surface area contributed by atoms with E-state index in [1.165, 1.54) is 19.5 Å². The molecule has 0 saturated heterocycles. The van der Waals surface area contributed by atoms with Gasteiger partial charge in [-0.05, 0) is 63.0 Å². The van der Waals surface area contributed by atoms with Gasteiger partial charge < -0.3 is 14.0 Å². The third-order valence-electron chi connectivity index (χ3n) is 7.27. The minimum atomic E-state index is -4.41. The monoisotopic (exact) mass is 456 g/mol. The maximum atomic E-state index is 13.4. The Balaban J connectivity index is 1.34. The summed E-state index contributed by atoms with van der Waals surface area (Å²) in [5, 5.41) is 0.0898. The first kappa shape index (κ1) is 20.8. The summed E-state index contributed by atoms with van der Waals surface area (Å²) in [4.78, 5) is 12.2. The number of nitrogens with zero attached hydrogens (tertiary/aromatic N) is 4. The lowest BCUT2D eigenvalue weighted by atomic mass is 9.53. The van der Waals surface area contributed by atoms with Crippen molar-refractivity contribution in [2.45, 2.75) is 69.0 Å². The second-order valence-electron chi connectivity index (χ2n) is 9.17. The van der Waals surface area contributed by atoms with Crippen molar-refractivity contribution in [3.63, 3.8) is 0 Å². The molecule has 4 aliphatic rings. The van der Waals surface area contributed by atoms with Gasteiger partial charge in [0.1, 0.15) is 5.82 Å². The summed E-state index contributed by atoms with van der Waals surface area (Å²) < 4.78 is 53.2. The van der Waals surface area contributed by atoms with Crippen molar-refractivity contribution in [2.24, 2.45) is 5.41 Å². The van der Waals surface area contributed by atoms with Crippen molar-refractivity contribution in [1.82, 2.24) is 19.5 Å². The molecule has 2 bridgehead atoms. The summed E-state index contributed by atoms with van der Waals surface area (Å²) in [5.41, 5.74) is -1.06. The van der Waals surface area contributed by atoms with E-state index in [0.29, 0.717) is 24.1 Å². The van der Waals surface area contributed by atoms with Gasteiger partial charge in [-0.15, -0.1) is 0 Å². The van der Waals surface area contributed by atoms with Crippen LogP contribution in [0, 0.1) is 5.41 Å². The van der Waals surface area contributed by atoms with Crippen molar-refractivity contribution in [3.05, 3.63) is 29.2 Å². The molecule has 0 N–H and O–H groups in total. The molecule has 0 aliphatic heterocycles. The summed E-state index contributed by atoms with van der Waals surface area (Å²) in [6, 6.07) is 0.167. The lowest BCUT2D eigenvalue weighted by Crippen LogP contribution is -2.48. The number of hydrogen-bond donors (Lipinski definition) is 0. The van der Waals surface area contributed by atoms with Crippen LogP contribution in [0.25, 0.3) is 0 Å². The average Bonchev–Trinajstić information content (AvgIpc) is 3.50. The van der Waals surface area contributed by atoms with Crippen LogP contribution in [0.3, 0.4) is 0 Å². The van der Waals surface area contributed by atoms with Crippen molar-refractivity contribution in [2.75, 3.05) is 13.7 Å². The van der Waals surface area contributed by atoms with E-state index < -0.39 is 11.9 Å². The van der Waals surface area contributed by atoms with Gasteiger partial charge in [-0.1, -0.05) is 0 Å². The normalized spacial score (nSPS) is 28.0. The lowest BCUT2D eigenvalue weighted by Gasteiger charge is -2.52. The van der Waals surface area contributed by atoms with Gasteiger partial charge in [0.15, 0.2) is 11.4 Å². The van der Waals surface area contributed by atoms with E-state index in [0.717, 1.165) is 51.4 Å². The minimum Gasteiger partial charge on any atom is -0.490 e. The molecular weight excluding hydrogens is 433 g/mol. The predicted octanol–water partition coefficient (Wildman–Crippen LogP) is 5.36. The lowest BCUT2D eigenvalue weighted by molar-refractivity contribution is -0.141. The Morgan fingerprint density at radius 2 is 1.81 bits per heavy atom. The zero-order valence-corrected chi connectivity index (χ0v) is 18.0. The Labute approximate surface area is 183 Å². The van der Waals surface area contributed by atoms with E-state index >= 15 is 0 Å². The second kappa shape index (κ2) is 7.25. The maximum absolute atomic E-state index is 13.4. The Morgan fingerprint density at radius 3 is 2.39 bits per heavy atom. The number of alkyl halides is 3. The molecule has 0 unspecified atom stereocenters. The number of aromatic nitrogens is 4.